The number of carbonyl (C=O) groups is 1. The van der Waals surface area contributed by atoms with Gasteiger partial charge in [0, 0.05) is 12.7 Å². The zero-order chi connectivity index (χ0) is 12.3. The lowest BCUT2D eigenvalue weighted by atomic mass is 10.1. The number of likely N-dealkylation sites (N-methyl/N-ethyl adjacent to an activating group) is 1. The lowest BCUT2D eigenvalue weighted by Crippen LogP contribution is -2.49. The molecule has 0 bridgehead atoms. The maximum Gasteiger partial charge on any atom is 0.246 e. The van der Waals surface area contributed by atoms with Gasteiger partial charge in [0.25, 0.3) is 0 Å². The van der Waals surface area contributed by atoms with Crippen molar-refractivity contribution in [3.8, 4) is 6.07 Å². The molecule has 1 rings (SSSR count). The van der Waals surface area contributed by atoms with Crippen molar-refractivity contribution in [3.63, 3.8) is 0 Å². The molecule has 0 spiro atoms. The summed E-state index contributed by atoms with van der Waals surface area (Å²) >= 11 is 0. The number of hydrogen-bond donors (Lipinski definition) is 1. The third-order valence-electron chi connectivity index (χ3n) is 2.22. The van der Waals surface area contributed by atoms with Crippen molar-refractivity contribution in [2.75, 3.05) is 11.9 Å². The third-order valence-corrected chi connectivity index (χ3v) is 2.22. The van der Waals surface area contributed by atoms with Crippen LogP contribution >= 0.6 is 0 Å². The molecule has 4 nitrogen and oxygen atoms in total. The Balaban J connectivity index is 3.02. The first-order valence-corrected chi connectivity index (χ1v) is 4.93. The van der Waals surface area contributed by atoms with E-state index >= 15 is 0 Å². The summed E-state index contributed by atoms with van der Waals surface area (Å²) in [5.74, 6) is -0.192. The molecule has 16 heavy (non-hydrogen) atoms. The number of hydrogen-bond acceptors (Lipinski definition) is 3. The summed E-state index contributed by atoms with van der Waals surface area (Å²) < 4.78 is 0. The molecule has 0 atom stereocenters. The molecule has 0 saturated heterocycles. The predicted octanol–water partition coefficient (Wildman–Crippen LogP) is 1.26. The Morgan fingerprint density at radius 2 is 2.12 bits per heavy atom. The maximum atomic E-state index is 11.9. The largest absolute Gasteiger partial charge is 0.318 e. The molecule has 2 N–H and O–H groups in total. The second kappa shape index (κ2) is 4.33. The van der Waals surface area contributed by atoms with Crippen LogP contribution in [0.25, 0.3) is 0 Å². The van der Waals surface area contributed by atoms with E-state index in [0.29, 0.717) is 11.3 Å². The van der Waals surface area contributed by atoms with Crippen LogP contribution in [0.1, 0.15) is 19.4 Å². The Labute approximate surface area is 95.3 Å². The van der Waals surface area contributed by atoms with Gasteiger partial charge in [-0.1, -0.05) is 6.07 Å². The standard InChI is InChI=1S/C12H15N3O/c1-12(2,14)11(16)15(3)10-6-4-5-9(7-10)8-13/h4-7H,14H2,1-3H3. The minimum atomic E-state index is -0.919. The van der Waals surface area contributed by atoms with Crippen molar-refractivity contribution in [2.24, 2.45) is 5.73 Å². The lowest BCUT2D eigenvalue weighted by Gasteiger charge is -2.25. The average Bonchev–Trinajstić information content (AvgIpc) is 2.26. The van der Waals surface area contributed by atoms with Gasteiger partial charge in [-0.05, 0) is 32.0 Å². The molecular weight excluding hydrogens is 202 g/mol. The summed E-state index contributed by atoms with van der Waals surface area (Å²) in [6.07, 6.45) is 0. The average molecular weight is 217 g/mol. The lowest BCUT2D eigenvalue weighted by molar-refractivity contribution is -0.122. The molecule has 1 aromatic rings. The van der Waals surface area contributed by atoms with Gasteiger partial charge >= 0.3 is 0 Å². The highest BCUT2D eigenvalue weighted by Crippen LogP contribution is 2.17. The van der Waals surface area contributed by atoms with Crippen molar-refractivity contribution in [2.45, 2.75) is 19.4 Å². The fourth-order valence-corrected chi connectivity index (χ4v) is 1.33. The SMILES string of the molecule is CN(C(=O)C(C)(C)N)c1cccc(C#N)c1. The minimum Gasteiger partial charge on any atom is -0.318 e. The number of benzene rings is 1. The molecule has 0 aliphatic carbocycles. The number of nitriles is 1. The number of nitrogens with two attached hydrogens (primary N) is 1. The van der Waals surface area contributed by atoms with Crippen LogP contribution in [0, 0.1) is 11.3 Å². The molecule has 0 saturated carbocycles. The summed E-state index contributed by atoms with van der Waals surface area (Å²) in [7, 11) is 1.65. The van der Waals surface area contributed by atoms with Gasteiger partial charge in [-0.2, -0.15) is 5.26 Å². The number of nitrogens with zero attached hydrogens (tertiary/aromatic N) is 2. The smallest absolute Gasteiger partial charge is 0.246 e. The number of rotatable bonds is 2. The number of carbonyl (C=O) groups excluding carboxylic acids is 1. The predicted molar refractivity (Wildman–Crippen MR) is 62.8 cm³/mol. The normalized spacial score (nSPS) is 10.7. The highest BCUT2D eigenvalue weighted by molar-refractivity contribution is 5.99. The van der Waals surface area contributed by atoms with Crippen LogP contribution in [0.4, 0.5) is 5.69 Å². The van der Waals surface area contributed by atoms with Crippen LogP contribution in [0.15, 0.2) is 24.3 Å². The monoisotopic (exact) mass is 217 g/mol. The molecule has 4 heteroatoms. The van der Waals surface area contributed by atoms with E-state index in [0.717, 1.165) is 0 Å². The first kappa shape index (κ1) is 12.2. The van der Waals surface area contributed by atoms with Gasteiger partial charge in [0.1, 0.15) is 0 Å². The molecule has 0 aliphatic heterocycles. The van der Waals surface area contributed by atoms with E-state index in [9.17, 15) is 4.79 Å². The summed E-state index contributed by atoms with van der Waals surface area (Å²) in [4.78, 5) is 13.3. The number of amides is 1. The van der Waals surface area contributed by atoms with Crippen LogP contribution in [-0.4, -0.2) is 18.5 Å². The zero-order valence-electron chi connectivity index (χ0n) is 9.69. The summed E-state index contributed by atoms with van der Waals surface area (Å²) in [5, 5.41) is 8.76. The van der Waals surface area contributed by atoms with Crippen molar-refractivity contribution >= 4 is 11.6 Å². The second-order valence-corrected chi connectivity index (χ2v) is 4.25. The minimum absolute atomic E-state index is 0.192. The van der Waals surface area contributed by atoms with Crippen molar-refractivity contribution in [1.82, 2.24) is 0 Å². The van der Waals surface area contributed by atoms with E-state index in [1.165, 1.54) is 4.90 Å². The van der Waals surface area contributed by atoms with Crippen LogP contribution in [-0.2, 0) is 4.79 Å². The summed E-state index contributed by atoms with van der Waals surface area (Å²) in [6, 6.07) is 8.88. The van der Waals surface area contributed by atoms with E-state index in [1.807, 2.05) is 6.07 Å². The molecule has 84 valence electrons. The van der Waals surface area contributed by atoms with E-state index in [-0.39, 0.29) is 5.91 Å². The molecule has 1 amide bonds. The first-order valence-electron chi connectivity index (χ1n) is 4.93. The quantitative estimate of drug-likeness (QED) is 0.810. The number of anilines is 1. The third kappa shape index (κ3) is 2.59. The van der Waals surface area contributed by atoms with E-state index < -0.39 is 5.54 Å². The molecule has 0 heterocycles. The van der Waals surface area contributed by atoms with Gasteiger partial charge in [0.2, 0.25) is 5.91 Å². The molecule has 0 unspecified atom stereocenters. The fraction of sp³-hybridized carbons (Fsp3) is 0.333. The Bertz CT molecular complexity index is 440. The Hall–Kier alpha value is -1.86. The van der Waals surface area contributed by atoms with Gasteiger partial charge in [0.05, 0.1) is 17.2 Å². The first-order chi connectivity index (χ1) is 7.36. The Morgan fingerprint density at radius 1 is 1.50 bits per heavy atom. The van der Waals surface area contributed by atoms with Gasteiger partial charge in [0.15, 0.2) is 0 Å². The van der Waals surface area contributed by atoms with Crippen molar-refractivity contribution in [1.29, 1.82) is 5.26 Å². The van der Waals surface area contributed by atoms with Gasteiger partial charge < -0.3 is 10.6 Å². The Morgan fingerprint density at radius 3 is 2.62 bits per heavy atom. The molecule has 0 fully saturated rings. The highest BCUT2D eigenvalue weighted by atomic mass is 16.2. The second-order valence-electron chi connectivity index (χ2n) is 4.25. The van der Waals surface area contributed by atoms with Gasteiger partial charge in [-0.15, -0.1) is 0 Å². The van der Waals surface area contributed by atoms with Crippen LogP contribution in [0.5, 0.6) is 0 Å². The fourth-order valence-electron chi connectivity index (χ4n) is 1.33. The van der Waals surface area contributed by atoms with E-state index in [4.69, 9.17) is 11.0 Å². The topological polar surface area (TPSA) is 70.1 Å². The summed E-state index contributed by atoms with van der Waals surface area (Å²) in [6.45, 7) is 3.31. The van der Waals surface area contributed by atoms with Crippen LogP contribution in [0.2, 0.25) is 0 Å². The van der Waals surface area contributed by atoms with E-state index in [2.05, 4.69) is 0 Å². The van der Waals surface area contributed by atoms with Crippen molar-refractivity contribution in [3.05, 3.63) is 29.8 Å². The Kier molecular flexibility index (Phi) is 3.31. The van der Waals surface area contributed by atoms with Crippen molar-refractivity contribution < 1.29 is 4.79 Å². The molecule has 0 radical (unpaired) electrons. The summed E-state index contributed by atoms with van der Waals surface area (Å²) in [5.41, 5.74) is 6.00. The molecule has 0 aliphatic rings. The van der Waals surface area contributed by atoms with Crippen LogP contribution in [0.3, 0.4) is 0 Å². The van der Waals surface area contributed by atoms with Gasteiger partial charge in [-0.25, -0.2) is 0 Å². The molecule has 1 aromatic carbocycles. The molecular formula is C12H15N3O. The van der Waals surface area contributed by atoms with Crippen LogP contribution < -0.4 is 10.6 Å². The maximum absolute atomic E-state index is 11.9. The highest BCUT2D eigenvalue weighted by Gasteiger charge is 2.26. The molecule has 0 aromatic heterocycles. The van der Waals surface area contributed by atoms with Gasteiger partial charge in [-0.3, -0.25) is 4.79 Å². The van der Waals surface area contributed by atoms with E-state index in [1.54, 1.807) is 45.2 Å². The zero-order valence-corrected chi connectivity index (χ0v) is 9.69.